The van der Waals surface area contributed by atoms with Gasteiger partial charge in [-0.2, -0.15) is 0 Å². The van der Waals surface area contributed by atoms with Gasteiger partial charge < -0.3 is 10.5 Å². The summed E-state index contributed by atoms with van der Waals surface area (Å²) in [5.74, 6) is -0.353. The zero-order chi connectivity index (χ0) is 15.8. The number of hydrogen-bond acceptors (Lipinski definition) is 4. The normalized spacial score (nSPS) is 11.9. The number of ether oxygens (including phenoxy) is 1. The first kappa shape index (κ1) is 20.7. The summed E-state index contributed by atoms with van der Waals surface area (Å²) in [7, 11) is 0. The van der Waals surface area contributed by atoms with Crippen LogP contribution in [0.4, 0.5) is 5.69 Å². The predicted molar refractivity (Wildman–Crippen MR) is 94.5 cm³/mol. The summed E-state index contributed by atoms with van der Waals surface area (Å²) < 4.78 is 5.49. The lowest BCUT2D eigenvalue weighted by Crippen LogP contribution is -2.36. The Bertz CT molecular complexity index is 462. The van der Waals surface area contributed by atoms with Gasteiger partial charge in [-0.1, -0.05) is 33.3 Å². The summed E-state index contributed by atoms with van der Waals surface area (Å²) in [4.78, 5) is 14.3. The molecule has 0 amide bonds. The molecule has 22 heavy (non-hydrogen) atoms. The Morgan fingerprint density at radius 2 is 1.91 bits per heavy atom. The highest BCUT2D eigenvalue weighted by molar-refractivity contribution is 5.95. The Morgan fingerprint density at radius 3 is 2.41 bits per heavy atom. The minimum Gasteiger partial charge on any atom is -0.443 e. The van der Waals surface area contributed by atoms with E-state index in [1.165, 1.54) is 5.56 Å². The topological polar surface area (TPSA) is 55.6 Å². The van der Waals surface area contributed by atoms with Gasteiger partial charge in [-0.05, 0) is 50.6 Å². The van der Waals surface area contributed by atoms with Crippen LogP contribution in [0.1, 0.15) is 56.5 Å². The first-order valence-electron chi connectivity index (χ1n) is 7.86. The lowest BCUT2D eigenvalue weighted by Gasteiger charge is -2.26. The molecule has 0 spiro atoms. The average Bonchev–Trinajstić information content (AvgIpc) is 2.46. The van der Waals surface area contributed by atoms with Crippen LogP contribution in [0.5, 0.6) is 0 Å². The van der Waals surface area contributed by atoms with Crippen molar-refractivity contribution in [1.29, 1.82) is 0 Å². The average molecular weight is 329 g/mol. The smallest absolute Gasteiger partial charge is 0.341 e. The van der Waals surface area contributed by atoms with E-state index in [0.717, 1.165) is 32.4 Å². The summed E-state index contributed by atoms with van der Waals surface area (Å²) in [6.07, 6.45) is 3.02. The van der Waals surface area contributed by atoms with Crippen molar-refractivity contribution >= 4 is 24.1 Å². The van der Waals surface area contributed by atoms with E-state index in [1.54, 1.807) is 6.07 Å². The lowest BCUT2D eigenvalue weighted by atomic mass is 10.0. The predicted octanol–water partition coefficient (Wildman–Crippen LogP) is 3.88. The van der Waals surface area contributed by atoms with E-state index in [1.807, 2.05) is 32.9 Å². The summed E-state index contributed by atoms with van der Waals surface area (Å²) >= 11 is 0. The first-order chi connectivity index (χ1) is 10.0. The van der Waals surface area contributed by atoms with Gasteiger partial charge in [0.1, 0.15) is 0 Å². The summed E-state index contributed by atoms with van der Waals surface area (Å²) in [6.45, 7) is 9.82. The zero-order valence-corrected chi connectivity index (χ0v) is 14.9. The van der Waals surface area contributed by atoms with E-state index in [2.05, 4.69) is 11.8 Å². The van der Waals surface area contributed by atoms with Crippen molar-refractivity contribution < 1.29 is 9.53 Å². The van der Waals surface area contributed by atoms with Crippen LogP contribution in [0.3, 0.4) is 0 Å². The molecule has 1 aromatic rings. The van der Waals surface area contributed by atoms with Gasteiger partial charge in [0.2, 0.25) is 0 Å². The summed E-state index contributed by atoms with van der Waals surface area (Å²) in [6, 6.07) is 5.62. The molecule has 126 valence electrons. The fourth-order valence-electron chi connectivity index (χ4n) is 2.37. The Kier molecular flexibility index (Phi) is 9.86. The molecule has 0 aliphatic rings. The Labute approximate surface area is 140 Å². The van der Waals surface area contributed by atoms with E-state index in [0.29, 0.717) is 11.3 Å². The van der Waals surface area contributed by atoms with Crippen molar-refractivity contribution in [3.8, 4) is 0 Å². The molecule has 1 atom stereocenters. The minimum atomic E-state index is -0.353. The number of rotatable bonds is 8. The molecule has 0 saturated carbocycles. The van der Waals surface area contributed by atoms with E-state index < -0.39 is 0 Å². The highest BCUT2D eigenvalue weighted by Gasteiger charge is 2.18. The zero-order valence-electron chi connectivity index (χ0n) is 14.1. The number of halogens is 1. The van der Waals surface area contributed by atoms with Crippen LogP contribution in [0.2, 0.25) is 0 Å². The van der Waals surface area contributed by atoms with E-state index in [9.17, 15) is 4.79 Å². The first-order valence-corrected chi connectivity index (χ1v) is 7.86. The second-order valence-corrected chi connectivity index (χ2v) is 5.25. The number of hydrogen-bond donors (Lipinski definition) is 1. The molecule has 2 N–H and O–H groups in total. The fourth-order valence-corrected chi connectivity index (χ4v) is 2.37. The maximum Gasteiger partial charge on any atom is 0.341 e. The second kappa shape index (κ2) is 10.5. The van der Waals surface area contributed by atoms with Crippen molar-refractivity contribution in [2.24, 2.45) is 0 Å². The molecule has 0 aromatic heterocycles. The van der Waals surface area contributed by atoms with Crippen molar-refractivity contribution in [1.82, 2.24) is 4.90 Å². The number of anilines is 1. The van der Waals surface area contributed by atoms with Crippen molar-refractivity contribution in [3.63, 3.8) is 0 Å². The highest BCUT2D eigenvalue weighted by Crippen LogP contribution is 2.18. The molecular weight excluding hydrogens is 300 g/mol. The van der Waals surface area contributed by atoms with Gasteiger partial charge in [0.25, 0.3) is 0 Å². The number of nitrogen functional groups attached to an aromatic ring is 1. The standard InChI is InChI=1S/C17H28N2O2.ClH/c1-5-8-9-14-10-11-15(16(18)12-14)17(20)21-13(4)19(6-2)7-3;/h10-13H,5-9,18H2,1-4H3;1H. The van der Waals surface area contributed by atoms with Crippen LogP contribution >= 0.6 is 12.4 Å². The maximum atomic E-state index is 12.2. The number of carbonyl (C=O) groups is 1. The molecule has 0 heterocycles. The number of unbranched alkanes of at least 4 members (excludes halogenated alkanes) is 1. The van der Waals surface area contributed by atoms with Gasteiger partial charge in [-0.25, -0.2) is 4.79 Å². The number of nitrogens with zero attached hydrogens (tertiary/aromatic N) is 1. The number of carbonyl (C=O) groups excluding carboxylic acids is 1. The second-order valence-electron chi connectivity index (χ2n) is 5.25. The van der Waals surface area contributed by atoms with Crippen LogP contribution in [-0.2, 0) is 11.2 Å². The van der Waals surface area contributed by atoms with Gasteiger partial charge in [-0.3, -0.25) is 4.90 Å². The summed E-state index contributed by atoms with van der Waals surface area (Å²) in [5.41, 5.74) is 8.12. The Hall–Kier alpha value is -1.26. The molecule has 4 nitrogen and oxygen atoms in total. The van der Waals surface area contributed by atoms with E-state index >= 15 is 0 Å². The van der Waals surface area contributed by atoms with Crippen molar-refractivity contribution in [3.05, 3.63) is 29.3 Å². The Balaban J connectivity index is 0.00000441. The third-order valence-electron chi connectivity index (χ3n) is 3.76. The van der Waals surface area contributed by atoms with Crippen LogP contribution in [0, 0.1) is 0 Å². The van der Waals surface area contributed by atoms with E-state index in [4.69, 9.17) is 10.5 Å². The quantitative estimate of drug-likeness (QED) is 0.447. The molecular formula is C17H29ClN2O2. The van der Waals surface area contributed by atoms with Crippen LogP contribution < -0.4 is 5.73 Å². The molecule has 0 aliphatic heterocycles. The molecule has 0 saturated heterocycles. The molecule has 0 aliphatic carbocycles. The van der Waals surface area contributed by atoms with Gasteiger partial charge in [0.15, 0.2) is 6.23 Å². The van der Waals surface area contributed by atoms with Crippen LogP contribution in [0.15, 0.2) is 18.2 Å². The van der Waals surface area contributed by atoms with Gasteiger partial charge in [0.05, 0.1) is 5.56 Å². The molecule has 0 bridgehead atoms. The van der Waals surface area contributed by atoms with Gasteiger partial charge in [-0.15, -0.1) is 12.4 Å². The number of nitrogens with two attached hydrogens (primary N) is 1. The SMILES string of the molecule is CCCCc1ccc(C(=O)OC(C)N(CC)CC)c(N)c1.Cl. The molecule has 1 rings (SSSR count). The third kappa shape index (κ3) is 5.85. The number of benzene rings is 1. The van der Waals surface area contributed by atoms with Crippen LogP contribution in [0.25, 0.3) is 0 Å². The molecule has 0 radical (unpaired) electrons. The molecule has 0 fully saturated rings. The van der Waals surface area contributed by atoms with Gasteiger partial charge in [0, 0.05) is 5.69 Å². The van der Waals surface area contributed by atoms with E-state index in [-0.39, 0.29) is 24.6 Å². The highest BCUT2D eigenvalue weighted by atomic mass is 35.5. The van der Waals surface area contributed by atoms with Gasteiger partial charge >= 0.3 is 5.97 Å². The molecule has 5 heteroatoms. The summed E-state index contributed by atoms with van der Waals surface area (Å²) in [5, 5.41) is 0. The van der Waals surface area contributed by atoms with Crippen molar-refractivity contribution in [2.75, 3.05) is 18.8 Å². The molecule has 1 aromatic carbocycles. The monoisotopic (exact) mass is 328 g/mol. The minimum absolute atomic E-state index is 0. The Morgan fingerprint density at radius 1 is 1.27 bits per heavy atom. The number of aryl methyl sites for hydroxylation is 1. The molecule has 1 unspecified atom stereocenters. The maximum absolute atomic E-state index is 12.2. The largest absolute Gasteiger partial charge is 0.443 e. The van der Waals surface area contributed by atoms with Crippen molar-refractivity contribution in [2.45, 2.75) is 53.2 Å². The lowest BCUT2D eigenvalue weighted by molar-refractivity contribution is -0.0196. The third-order valence-corrected chi connectivity index (χ3v) is 3.76. The fraction of sp³-hybridized carbons (Fsp3) is 0.588. The van der Waals surface area contributed by atoms with Crippen LogP contribution in [-0.4, -0.2) is 30.2 Å². The number of esters is 1.